The molecule has 0 bridgehead atoms. The molecule has 0 unspecified atom stereocenters. The molecule has 0 aromatic carbocycles. The van der Waals surface area contributed by atoms with E-state index in [9.17, 15) is 0 Å². The second kappa shape index (κ2) is 4.60. The zero-order chi connectivity index (χ0) is 9.97. The molecule has 0 amide bonds. The lowest BCUT2D eigenvalue weighted by molar-refractivity contribution is 0.754. The van der Waals surface area contributed by atoms with E-state index in [2.05, 4.69) is 46.4 Å². The van der Waals surface area contributed by atoms with Gasteiger partial charge in [0.05, 0.1) is 0 Å². The summed E-state index contributed by atoms with van der Waals surface area (Å²) in [6.45, 7) is 3.13. The molecule has 1 saturated carbocycles. The Morgan fingerprint density at radius 3 is 3.00 bits per heavy atom. The van der Waals surface area contributed by atoms with E-state index in [1.165, 1.54) is 27.1 Å². The second-order valence-corrected chi connectivity index (χ2v) is 5.78. The Balaban J connectivity index is 1.82. The topological polar surface area (TPSA) is 12.0 Å². The molecule has 1 aromatic heterocycles. The summed E-state index contributed by atoms with van der Waals surface area (Å²) in [5, 5.41) is 3.45. The predicted molar refractivity (Wildman–Crippen MR) is 66.8 cm³/mol. The fraction of sp³-hybridized carbons (Fsp3) is 0.455. The average molecular weight is 272 g/mol. The van der Waals surface area contributed by atoms with E-state index in [1.54, 1.807) is 0 Å². The van der Waals surface area contributed by atoms with Gasteiger partial charge in [-0.15, -0.1) is 11.3 Å². The van der Waals surface area contributed by atoms with Gasteiger partial charge in [-0.1, -0.05) is 6.08 Å². The standard InChI is InChI=1S/C11H14BrNS/c1-8-11(12)7-10(14-8)3-2-6-13-9-4-5-9/h2-3,7,9,13H,4-6H2,1H3/b3-2+. The number of thiophene rings is 1. The summed E-state index contributed by atoms with van der Waals surface area (Å²) in [4.78, 5) is 2.67. The molecule has 3 heteroatoms. The van der Waals surface area contributed by atoms with Crippen molar-refractivity contribution in [2.75, 3.05) is 6.54 Å². The fourth-order valence-electron chi connectivity index (χ4n) is 1.26. The maximum absolute atomic E-state index is 3.52. The van der Waals surface area contributed by atoms with Crippen molar-refractivity contribution in [3.05, 3.63) is 26.4 Å². The summed E-state index contributed by atoms with van der Waals surface area (Å²) < 4.78 is 1.22. The van der Waals surface area contributed by atoms with Gasteiger partial charge in [0.15, 0.2) is 0 Å². The number of nitrogens with one attached hydrogen (secondary N) is 1. The minimum absolute atomic E-state index is 0.802. The van der Waals surface area contributed by atoms with Gasteiger partial charge in [-0.2, -0.15) is 0 Å². The van der Waals surface area contributed by atoms with Crippen LogP contribution in [0.2, 0.25) is 0 Å². The van der Waals surface area contributed by atoms with Crippen LogP contribution in [0.1, 0.15) is 22.6 Å². The van der Waals surface area contributed by atoms with Crippen LogP contribution >= 0.6 is 27.3 Å². The van der Waals surface area contributed by atoms with Crippen LogP contribution < -0.4 is 5.32 Å². The first kappa shape index (κ1) is 10.4. The lowest BCUT2D eigenvalue weighted by Crippen LogP contribution is -2.15. The van der Waals surface area contributed by atoms with Crippen molar-refractivity contribution < 1.29 is 0 Å². The summed E-state index contributed by atoms with van der Waals surface area (Å²) in [6.07, 6.45) is 7.11. The molecule has 0 spiro atoms. The molecule has 2 rings (SSSR count). The van der Waals surface area contributed by atoms with E-state index in [0.29, 0.717) is 0 Å². The van der Waals surface area contributed by atoms with E-state index in [1.807, 2.05) is 11.3 Å². The van der Waals surface area contributed by atoms with Gasteiger partial charge in [-0.3, -0.25) is 0 Å². The molecular formula is C11H14BrNS. The molecule has 76 valence electrons. The SMILES string of the molecule is Cc1sc(/C=C/CNC2CC2)cc1Br. The molecule has 1 heterocycles. The van der Waals surface area contributed by atoms with Gasteiger partial charge in [0.1, 0.15) is 0 Å². The number of aryl methyl sites for hydroxylation is 1. The van der Waals surface area contributed by atoms with Crippen LogP contribution in [0.5, 0.6) is 0 Å². The van der Waals surface area contributed by atoms with Crippen molar-refractivity contribution >= 4 is 33.3 Å². The van der Waals surface area contributed by atoms with Crippen molar-refractivity contribution in [1.82, 2.24) is 5.32 Å². The molecule has 0 saturated heterocycles. The van der Waals surface area contributed by atoms with Crippen LogP contribution in [0.3, 0.4) is 0 Å². The normalized spacial score (nSPS) is 16.7. The van der Waals surface area contributed by atoms with E-state index >= 15 is 0 Å². The Labute approximate surface area is 97.3 Å². The van der Waals surface area contributed by atoms with Crippen molar-refractivity contribution in [3.63, 3.8) is 0 Å². The molecule has 0 aliphatic heterocycles. The van der Waals surface area contributed by atoms with Crippen molar-refractivity contribution in [3.8, 4) is 0 Å². The highest BCUT2D eigenvalue weighted by Gasteiger charge is 2.18. The Kier molecular flexibility index (Phi) is 3.42. The van der Waals surface area contributed by atoms with Crippen LogP contribution in [0.4, 0.5) is 0 Å². The molecule has 1 aromatic rings. The Bertz CT molecular complexity index is 320. The van der Waals surface area contributed by atoms with Crippen LogP contribution in [0, 0.1) is 6.92 Å². The lowest BCUT2D eigenvalue weighted by atomic mass is 10.4. The minimum Gasteiger partial charge on any atom is -0.311 e. The van der Waals surface area contributed by atoms with Gasteiger partial charge in [0.2, 0.25) is 0 Å². The first-order valence-corrected chi connectivity index (χ1v) is 6.52. The molecule has 1 fully saturated rings. The summed E-state index contributed by atoms with van der Waals surface area (Å²) in [6, 6.07) is 2.98. The molecule has 1 N–H and O–H groups in total. The highest BCUT2D eigenvalue weighted by molar-refractivity contribution is 9.10. The zero-order valence-electron chi connectivity index (χ0n) is 8.22. The molecular weight excluding hydrogens is 258 g/mol. The highest BCUT2D eigenvalue weighted by atomic mass is 79.9. The molecule has 1 aliphatic rings. The van der Waals surface area contributed by atoms with Crippen molar-refractivity contribution in [1.29, 1.82) is 0 Å². The molecule has 14 heavy (non-hydrogen) atoms. The largest absolute Gasteiger partial charge is 0.311 e. The van der Waals surface area contributed by atoms with E-state index < -0.39 is 0 Å². The van der Waals surface area contributed by atoms with Crippen molar-refractivity contribution in [2.24, 2.45) is 0 Å². The third kappa shape index (κ3) is 2.94. The van der Waals surface area contributed by atoms with E-state index in [4.69, 9.17) is 0 Å². The molecule has 0 atom stereocenters. The van der Waals surface area contributed by atoms with Gasteiger partial charge >= 0.3 is 0 Å². The highest BCUT2D eigenvalue weighted by Crippen LogP contribution is 2.27. The Morgan fingerprint density at radius 2 is 2.43 bits per heavy atom. The third-order valence-corrected chi connectivity index (χ3v) is 4.36. The smallest absolute Gasteiger partial charge is 0.0317 e. The average Bonchev–Trinajstić information content (AvgIpc) is 2.90. The van der Waals surface area contributed by atoms with E-state index in [-0.39, 0.29) is 0 Å². The quantitative estimate of drug-likeness (QED) is 0.883. The zero-order valence-corrected chi connectivity index (χ0v) is 10.6. The monoisotopic (exact) mass is 271 g/mol. The number of hydrogen-bond acceptors (Lipinski definition) is 2. The number of halogens is 1. The number of rotatable bonds is 4. The molecule has 1 aliphatic carbocycles. The maximum atomic E-state index is 3.52. The third-order valence-electron chi connectivity index (χ3n) is 2.26. The Hall–Kier alpha value is -0.120. The molecule has 0 radical (unpaired) electrons. The van der Waals surface area contributed by atoms with E-state index in [0.717, 1.165) is 12.6 Å². The molecule has 1 nitrogen and oxygen atoms in total. The van der Waals surface area contributed by atoms with Gasteiger partial charge < -0.3 is 5.32 Å². The predicted octanol–water partition coefficient (Wildman–Crippen LogP) is 3.58. The Morgan fingerprint density at radius 1 is 1.64 bits per heavy atom. The number of hydrogen-bond donors (Lipinski definition) is 1. The second-order valence-electron chi connectivity index (χ2n) is 3.64. The lowest BCUT2D eigenvalue weighted by Gasteiger charge is -1.93. The van der Waals surface area contributed by atoms with Gasteiger partial charge in [-0.05, 0) is 47.8 Å². The first-order valence-electron chi connectivity index (χ1n) is 4.91. The summed E-state index contributed by atoms with van der Waals surface area (Å²) >= 11 is 5.35. The summed E-state index contributed by atoms with van der Waals surface area (Å²) in [7, 11) is 0. The van der Waals surface area contributed by atoms with Gasteiger partial charge in [0.25, 0.3) is 0 Å². The van der Waals surface area contributed by atoms with Crippen LogP contribution in [-0.4, -0.2) is 12.6 Å². The summed E-state index contributed by atoms with van der Waals surface area (Å²) in [5.74, 6) is 0. The van der Waals surface area contributed by atoms with Crippen LogP contribution in [0.15, 0.2) is 16.6 Å². The minimum atomic E-state index is 0.802. The first-order chi connectivity index (χ1) is 6.75. The maximum Gasteiger partial charge on any atom is 0.0317 e. The van der Waals surface area contributed by atoms with Crippen LogP contribution in [0.25, 0.3) is 6.08 Å². The van der Waals surface area contributed by atoms with Gasteiger partial charge in [0, 0.05) is 26.8 Å². The van der Waals surface area contributed by atoms with Crippen molar-refractivity contribution in [2.45, 2.75) is 25.8 Å². The van der Waals surface area contributed by atoms with Gasteiger partial charge in [-0.25, -0.2) is 0 Å². The fourth-order valence-corrected chi connectivity index (χ4v) is 2.75. The van der Waals surface area contributed by atoms with Crippen LogP contribution in [-0.2, 0) is 0 Å². The summed E-state index contributed by atoms with van der Waals surface area (Å²) in [5.41, 5.74) is 0.